The highest BCUT2D eigenvalue weighted by molar-refractivity contribution is 5.92. The fourth-order valence-corrected chi connectivity index (χ4v) is 1.95. The van der Waals surface area contributed by atoms with Crippen molar-refractivity contribution in [2.24, 2.45) is 0 Å². The third kappa shape index (κ3) is 3.27. The first-order chi connectivity index (χ1) is 8.69. The molecule has 0 unspecified atom stereocenters. The van der Waals surface area contributed by atoms with E-state index in [0.717, 1.165) is 19.6 Å². The van der Waals surface area contributed by atoms with Crippen LogP contribution in [-0.2, 0) is 4.79 Å². The molecule has 98 valence electrons. The SMILES string of the molecule is CCN(CC(=O)Nc1ccc(F)cc1)C1CNC1. The molecule has 0 radical (unpaired) electrons. The van der Waals surface area contributed by atoms with Crippen molar-refractivity contribution in [2.75, 3.05) is 31.5 Å². The number of likely N-dealkylation sites (N-methyl/N-ethyl adjacent to an activating group) is 1. The molecule has 5 heteroatoms. The molecule has 0 atom stereocenters. The number of halogens is 1. The summed E-state index contributed by atoms with van der Waals surface area (Å²) in [5.41, 5.74) is 0.629. The smallest absolute Gasteiger partial charge is 0.238 e. The standard InChI is InChI=1S/C13H18FN3O/c1-2-17(12-7-15-8-12)9-13(18)16-11-5-3-10(14)4-6-11/h3-6,12,15H,2,7-9H2,1H3,(H,16,18). The largest absolute Gasteiger partial charge is 0.325 e. The van der Waals surface area contributed by atoms with Gasteiger partial charge < -0.3 is 10.6 Å². The lowest BCUT2D eigenvalue weighted by atomic mass is 10.1. The first-order valence-corrected chi connectivity index (χ1v) is 6.19. The summed E-state index contributed by atoms with van der Waals surface area (Å²) < 4.78 is 12.7. The normalized spacial score (nSPS) is 15.5. The van der Waals surface area contributed by atoms with Crippen LogP contribution in [0, 0.1) is 5.82 Å². The molecule has 2 rings (SSSR count). The first kappa shape index (κ1) is 13.0. The molecule has 4 nitrogen and oxygen atoms in total. The number of amides is 1. The quantitative estimate of drug-likeness (QED) is 0.822. The Hall–Kier alpha value is -1.46. The van der Waals surface area contributed by atoms with Gasteiger partial charge >= 0.3 is 0 Å². The second-order valence-electron chi connectivity index (χ2n) is 4.43. The zero-order valence-corrected chi connectivity index (χ0v) is 10.4. The summed E-state index contributed by atoms with van der Waals surface area (Å²) in [6.45, 7) is 5.15. The molecule has 1 aliphatic rings. The number of carbonyl (C=O) groups excluding carboxylic acids is 1. The van der Waals surface area contributed by atoms with Gasteiger partial charge in [0.25, 0.3) is 0 Å². The second-order valence-corrected chi connectivity index (χ2v) is 4.43. The van der Waals surface area contributed by atoms with Gasteiger partial charge in [-0.25, -0.2) is 4.39 Å². The fraction of sp³-hybridized carbons (Fsp3) is 0.462. The molecule has 1 heterocycles. The van der Waals surface area contributed by atoms with E-state index in [4.69, 9.17) is 0 Å². The molecule has 18 heavy (non-hydrogen) atoms. The van der Waals surface area contributed by atoms with E-state index in [2.05, 4.69) is 15.5 Å². The van der Waals surface area contributed by atoms with Crippen LogP contribution in [0.25, 0.3) is 0 Å². The zero-order valence-electron chi connectivity index (χ0n) is 10.4. The number of nitrogens with one attached hydrogen (secondary N) is 2. The average molecular weight is 251 g/mol. The van der Waals surface area contributed by atoms with Gasteiger partial charge in [-0.1, -0.05) is 6.92 Å². The van der Waals surface area contributed by atoms with Gasteiger partial charge in [0.2, 0.25) is 5.91 Å². The number of benzene rings is 1. The van der Waals surface area contributed by atoms with Crippen LogP contribution in [0.1, 0.15) is 6.92 Å². The molecule has 1 amide bonds. The molecule has 0 saturated carbocycles. The van der Waals surface area contributed by atoms with Crippen LogP contribution < -0.4 is 10.6 Å². The van der Waals surface area contributed by atoms with E-state index in [1.54, 1.807) is 12.1 Å². The van der Waals surface area contributed by atoms with E-state index in [1.165, 1.54) is 12.1 Å². The molecule has 1 aromatic rings. The molecular weight excluding hydrogens is 233 g/mol. The van der Waals surface area contributed by atoms with Crippen LogP contribution in [0.15, 0.2) is 24.3 Å². The molecule has 0 spiro atoms. The number of rotatable bonds is 5. The van der Waals surface area contributed by atoms with Crippen molar-refractivity contribution in [3.05, 3.63) is 30.1 Å². The molecule has 0 bridgehead atoms. The Kier molecular flexibility index (Phi) is 4.28. The Balaban J connectivity index is 1.85. The van der Waals surface area contributed by atoms with Crippen molar-refractivity contribution in [1.82, 2.24) is 10.2 Å². The summed E-state index contributed by atoms with van der Waals surface area (Å²) in [5, 5.41) is 5.96. The Morgan fingerprint density at radius 1 is 1.44 bits per heavy atom. The van der Waals surface area contributed by atoms with Crippen LogP contribution in [0.4, 0.5) is 10.1 Å². The average Bonchev–Trinajstić information content (AvgIpc) is 2.29. The number of carbonyl (C=O) groups is 1. The van der Waals surface area contributed by atoms with E-state index in [-0.39, 0.29) is 11.7 Å². The molecule has 1 saturated heterocycles. The zero-order chi connectivity index (χ0) is 13.0. The van der Waals surface area contributed by atoms with Gasteiger partial charge in [-0.2, -0.15) is 0 Å². The van der Waals surface area contributed by atoms with Gasteiger partial charge in [-0.15, -0.1) is 0 Å². The lowest BCUT2D eigenvalue weighted by Crippen LogP contribution is -2.58. The highest BCUT2D eigenvalue weighted by atomic mass is 19.1. The van der Waals surface area contributed by atoms with Gasteiger partial charge in [-0.3, -0.25) is 9.69 Å². The molecule has 0 aliphatic carbocycles. The molecule has 2 N–H and O–H groups in total. The van der Waals surface area contributed by atoms with Gasteiger partial charge in [0.15, 0.2) is 0 Å². The monoisotopic (exact) mass is 251 g/mol. The summed E-state index contributed by atoms with van der Waals surface area (Å²) in [4.78, 5) is 14.0. The van der Waals surface area contributed by atoms with Gasteiger partial charge in [0, 0.05) is 24.8 Å². The fourth-order valence-electron chi connectivity index (χ4n) is 1.95. The molecule has 1 aliphatic heterocycles. The van der Waals surface area contributed by atoms with Gasteiger partial charge in [0.1, 0.15) is 5.82 Å². The third-order valence-electron chi connectivity index (χ3n) is 3.16. The summed E-state index contributed by atoms with van der Waals surface area (Å²) in [6.07, 6.45) is 0. The lowest BCUT2D eigenvalue weighted by molar-refractivity contribution is -0.118. The Labute approximate surface area is 106 Å². The molecular formula is C13H18FN3O. The lowest BCUT2D eigenvalue weighted by Gasteiger charge is -2.37. The molecule has 1 fully saturated rings. The summed E-state index contributed by atoms with van der Waals surface area (Å²) in [6, 6.07) is 6.25. The topological polar surface area (TPSA) is 44.4 Å². The minimum atomic E-state index is -0.302. The van der Waals surface area contributed by atoms with Gasteiger partial charge in [0.05, 0.1) is 6.54 Å². The van der Waals surface area contributed by atoms with Crippen LogP contribution in [0.2, 0.25) is 0 Å². The van der Waals surface area contributed by atoms with Crippen LogP contribution in [0.5, 0.6) is 0 Å². The number of nitrogens with zero attached hydrogens (tertiary/aromatic N) is 1. The van der Waals surface area contributed by atoms with Crippen LogP contribution in [0.3, 0.4) is 0 Å². The number of hydrogen-bond acceptors (Lipinski definition) is 3. The summed E-state index contributed by atoms with van der Waals surface area (Å²) in [7, 11) is 0. The van der Waals surface area contributed by atoms with Crippen molar-refractivity contribution < 1.29 is 9.18 Å². The Bertz CT molecular complexity index is 403. The second kappa shape index (κ2) is 5.93. The van der Waals surface area contributed by atoms with Crippen molar-refractivity contribution in [3.8, 4) is 0 Å². The first-order valence-electron chi connectivity index (χ1n) is 6.19. The minimum absolute atomic E-state index is 0.0599. The van der Waals surface area contributed by atoms with Crippen molar-refractivity contribution >= 4 is 11.6 Å². The van der Waals surface area contributed by atoms with Gasteiger partial charge in [-0.05, 0) is 30.8 Å². The van der Waals surface area contributed by atoms with E-state index in [9.17, 15) is 9.18 Å². The number of hydrogen-bond donors (Lipinski definition) is 2. The summed E-state index contributed by atoms with van der Waals surface area (Å²) >= 11 is 0. The maximum absolute atomic E-state index is 12.7. The summed E-state index contributed by atoms with van der Waals surface area (Å²) in [5.74, 6) is -0.362. The predicted molar refractivity (Wildman–Crippen MR) is 68.9 cm³/mol. The third-order valence-corrected chi connectivity index (χ3v) is 3.16. The van der Waals surface area contributed by atoms with Crippen molar-refractivity contribution in [1.29, 1.82) is 0 Å². The van der Waals surface area contributed by atoms with Crippen LogP contribution in [-0.4, -0.2) is 43.0 Å². The van der Waals surface area contributed by atoms with E-state index >= 15 is 0 Å². The van der Waals surface area contributed by atoms with Crippen molar-refractivity contribution in [2.45, 2.75) is 13.0 Å². The highest BCUT2D eigenvalue weighted by Gasteiger charge is 2.24. The highest BCUT2D eigenvalue weighted by Crippen LogP contribution is 2.09. The predicted octanol–water partition coefficient (Wildman–Crippen LogP) is 1.06. The van der Waals surface area contributed by atoms with Crippen LogP contribution >= 0.6 is 0 Å². The minimum Gasteiger partial charge on any atom is -0.325 e. The van der Waals surface area contributed by atoms with E-state index < -0.39 is 0 Å². The maximum Gasteiger partial charge on any atom is 0.238 e. The maximum atomic E-state index is 12.7. The van der Waals surface area contributed by atoms with Crippen molar-refractivity contribution in [3.63, 3.8) is 0 Å². The van der Waals surface area contributed by atoms with E-state index in [1.807, 2.05) is 6.92 Å². The number of anilines is 1. The molecule has 0 aromatic heterocycles. The Morgan fingerprint density at radius 3 is 2.61 bits per heavy atom. The Morgan fingerprint density at radius 2 is 2.11 bits per heavy atom. The molecule has 1 aromatic carbocycles. The van der Waals surface area contributed by atoms with E-state index in [0.29, 0.717) is 18.3 Å².